The van der Waals surface area contributed by atoms with Crippen molar-refractivity contribution in [3.8, 4) is 0 Å². The molecule has 1 amide bonds. The van der Waals surface area contributed by atoms with Gasteiger partial charge in [-0.05, 0) is 60.1 Å². The number of rotatable bonds is 6. The van der Waals surface area contributed by atoms with Gasteiger partial charge in [-0.15, -0.1) is 0 Å². The van der Waals surface area contributed by atoms with Crippen LogP contribution in [0, 0.1) is 11.8 Å². The molecule has 280 valence electrons. The molecule has 0 bridgehead atoms. The number of nitrogens with zero attached hydrogens (tertiary/aromatic N) is 2. The van der Waals surface area contributed by atoms with Gasteiger partial charge in [0.1, 0.15) is 23.9 Å². The smallest absolute Gasteiger partial charge is 0.311 e. The number of ether oxygens (including phenoxy) is 3. The van der Waals surface area contributed by atoms with Crippen molar-refractivity contribution in [3.63, 3.8) is 0 Å². The van der Waals surface area contributed by atoms with Crippen molar-refractivity contribution in [2.45, 2.75) is 146 Å². The lowest BCUT2D eigenvalue weighted by atomic mass is 9.79. The molecule has 6 N–H and O–H groups in total. The molecule has 1 aromatic rings. The quantitative estimate of drug-likeness (QED) is 0.230. The molecule has 49 heavy (non-hydrogen) atoms. The standard InChI is InChI=1S/C36H60N2O11/c1-10-27-36(7,46)31(43)23(5)37(8)19-25(39)18-35(6,45)32(21(3)29(41)22(4)33(44)48-27)49-34-30(42)26(16-20(2)47-34)38(9)28(40)17-24-14-12-11-13-15-24/h11-15,20-23,25-27,29-32,34,39,41-43,45-46H,10,16-19H2,1-9H3/t20-,21+,22-,23-,25-,26+,27-,29+,30-,31-,32-,34+,35-,36-/m1/s1. The predicted octanol–water partition coefficient (Wildman–Crippen LogP) is 0.840. The number of benzene rings is 1. The highest BCUT2D eigenvalue weighted by Crippen LogP contribution is 2.36. The van der Waals surface area contributed by atoms with Crippen LogP contribution in [-0.4, -0.2) is 145 Å². The highest BCUT2D eigenvalue weighted by atomic mass is 16.7. The minimum atomic E-state index is -1.87. The highest BCUT2D eigenvalue weighted by Gasteiger charge is 2.50. The number of β-amino-alcohol motifs (C(OH)–C–C–N with tert-alkyl or cyclic N) is 1. The summed E-state index contributed by atoms with van der Waals surface area (Å²) < 4.78 is 18.1. The Morgan fingerprint density at radius 3 is 2.24 bits per heavy atom. The third-order valence-corrected chi connectivity index (χ3v) is 10.7. The summed E-state index contributed by atoms with van der Waals surface area (Å²) in [5, 5.41) is 68.8. The van der Waals surface area contributed by atoms with Gasteiger partial charge in [0.15, 0.2) is 6.29 Å². The average molecular weight is 697 g/mol. The summed E-state index contributed by atoms with van der Waals surface area (Å²) in [5.41, 5.74) is -2.89. The zero-order valence-corrected chi connectivity index (χ0v) is 30.5. The van der Waals surface area contributed by atoms with Crippen LogP contribution in [0.15, 0.2) is 30.3 Å². The van der Waals surface area contributed by atoms with E-state index in [0.717, 1.165) is 5.56 Å². The van der Waals surface area contributed by atoms with Crippen LogP contribution in [0.25, 0.3) is 0 Å². The Balaban J connectivity index is 1.95. The van der Waals surface area contributed by atoms with E-state index in [1.807, 2.05) is 30.3 Å². The molecule has 0 saturated carbocycles. The van der Waals surface area contributed by atoms with E-state index in [4.69, 9.17) is 14.2 Å². The summed E-state index contributed by atoms with van der Waals surface area (Å²) in [6, 6.07) is 7.85. The minimum Gasteiger partial charge on any atom is -0.459 e. The van der Waals surface area contributed by atoms with Gasteiger partial charge in [0.2, 0.25) is 5.91 Å². The molecule has 0 radical (unpaired) electrons. The number of hydrogen-bond donors (Lipinski definition) is 6. The molecule has 0 aliphatic carbocycles. The van der Waals surface area contributed by atoms with Crippen molar-refractivity contribution >= 4 is 11.9 Å². The van der Waals surface area contributed by atoms with Gasteiger partial charge < -0.3 is 49.7 Å². The molecule has 1 aromatic carbocycles. The van der Waals surface area contributed by atoms with Crippen LogP contribution in [0.1, 0.15) is 73.3 Å². The van der Waals surface area contributed by atoms with E-state index in [1.165, 1.54) is 25.7 Å². The number of aliphatic hydroxyl groups excluding tert-OH is 4. The lowest BCUT2D eigenvalue weighted by molar-refractivity contribution is -0.299. The van der Waals surface area contributed by atoms with Crippen LogP contribution < -0.4 is 0 Å². The Bertz CT molecular complexity index is 1220. The van der Waals surface area contributed by atoms with Crippen LogP contribution in [0.2, 0.25) is 0 Å². The molecule has 2 saturated heterocycles. The van der Waals surface area contributed by atoms with Crippen molar-refractivity contribution in [1.82, 2.24) is 9.80 Å². The van der Waals surface area contributed by atoms with Crippen LogP contribution in [0.4, 0.5) is 0 Å². The topological polar surface area (TPSA) is 190 Å². The first-order valence-corrected chi connectivity index (χ1v) is 17.4. The van der Waals surface area contributed by atoms with Gasteiger partial charge in [-0.3, -0.25) is 14.5 Å². The van der Waals surface area contributed by atoms with Gasteiger partial charge >= 0.3 is 5.97 Å². The maximum absolute atomic E-state index is 13.4. The van der Waals surface area contributed by atoms with E-state index in [1.54, 1.807) is 46.7 Å². The van der Waals surface area contributed by atoms with Gasteiger partial charge in [-0.25, -0.2) is 0 Å². The molecular weight excluding hydrogens is 636 g/mol. The molecule has 13 heteroatoms. The van der Waals surface area contributed by atoms with E-state index in [0.29, 0.717) is 6.42 Å². The fourth-order valence-electron chi connectivity index (χ4n) is 7.30. The lowest BCUT2D eigenvalue weighted by Gasteiger charge is -2.47. The number of carbonyl (C=O) groups is 2. The first kappa shape index (κ1) is 41.2. The number of cyclic esters (lactones) is 1. The summed E-state index contributed by atoms with van der Waals surface area (Å²) in [5.74, 6) is -3.19. The lowest BCUT2D eigenvalue weighted by Crippen LogP contribution is -2.60. The maximum atomic E-state index is 13.4. The number of esters is 1. The van der Waals surface area contributed by atoms with Crippen molar-refractivity contribution < 1.29 is 54.4 Å². The third kappa shape index (κ3) is 9.78. The number of hydrogen-bond acceptors (Lipinski definition) is 12. The van der Waals surface area contributed by atoms with Crippen LogP contribution in [-0.2, 0) is 30.2 Å². The van der Waals surface area contributed by atoms with E-state index < -0.39 is 90.1 Å². The normalized spacial score (nSPS) is 42.1. The fraction of sp³-hybridized carbons (Fsp3) is 0.778. The molecule has 3 rings (SSSR count). The summed E-state index contributed by atoms with van der Waals surface area (Å²) in [6.45, 7) is 11.0. The van der Waals surface area contributed by atoms with Crippen molar-refractivity contribution in [2.24, 2.45) is 11.8 Å². The second-order valence-corrected chi connectivity index (χ2v) is 14.9. The Morgan fingerprint density at radius 1 is 1.04 bits per heavy atom. The zero-order chi connectivity index (χ0) is 37.0. The summed E-state index contributed by atoms with van der Waals surface area (Å²) >= 11 is 0. The Labute approximate surface area is 290 Å². The average Bonchev–Trinajstić information content (AvgIpc) is 3.04. The fourth-order valence-corrected chi connectivity index (χ4v) is 7.30. The highest BCUT2D eigenvalue weighted by molar-refractivity contribution is 5.79. The van der Waals surface area contributed by atoms with Crippen molar-refractivity contribution in [2.75, 3.05) is 20.6 Å². The van der Waals surface area contributed by atoms with Gasteiger partial charge in [0.25, 0.3) is 0 Å². The van der Waals surface area contributed by atoms with Gasteiger partial charge in [0, 0.05) is 32.0 Å². The second-order valence-electron chi connectivity index (χ2n) is 14.9. The third-order valence-electron chi connectivity index (χ3n) is 10.7. The molecule has 2 fully saturated rings. The zero-order valence-electron chi connectivity index (χ0n) is 30.5. The number of carbonyl (C=O) groups excluding carboxylic acids is 2. The molecule has 2 heterocycles. The number of amides is 1. The van der Waals surface area contributed by atoms with Gasteiger partial charge in [0.05, 0.1) is 48.4 Å². The van der Waals surface area contributed by atoms with Crippen LogP contribution >= 0.6 is 0 Å². The summed E-state index contributed by atoms with van der Waals surface area (Å²) in [7, 11) is 3.26. The Hall–Kier alpha value is -2.20. The van der Waals surface area contributed by atoms with E-state index in [2.05, 4.69) is 0 Å². The molecule has 0 unspecified atom stereocenters. The van der Waals surface area contributed by atoms with E-state index >= 15 is 0 Å². The second kappa shape index (κ2) is 16.9. The van der Waals surface area contributed by atoms with Crippen molar-refractivity contribution in [3.05, 3.63) is 35.9 Å². The van der Waals surface area contributed by atoms with Gasteiger partial charge in [-0.1, -0.05) is 44.2 Å². The molecular formula is C36H60N2O11. The summed E-state index contributed by atoms with van der Waals surface area (Å²) in [4.78, 5) is 29.8. The molecule has 0 spiro atoms. The van der Waals surface area contributed by atoms with Gasteiger partial charge in [-0.2, -0.15) is 0 Å². The predicted molar refractivity (Wildman–Crippen MR) is 181 cm³/mol. The number of likely N-dealkylation sites (N-methyl/N-ethyl adjacent to an activating group) is 2. The van der Waals surface area contributed by atoms with Crippen LogP contribution in [0.3, 0.4) is 0 Å². The largest absolute Gasteiger partial charge is 0.459 e. The Morgan fingerprint density at radius 2 is 1.65 bits per heavy atom. The first-order valence-electron chi connectivity index (χ1n) is 17.4. The van der Waals surface area contributed by atoms with Crippen molar-refractivity contribution in [1.29, 1.82) is 0 Å². The first-order chi connectivity index (χ1) is 22.7. The molecule has 2 aliphatic rings. The molecule has 0 aromatic heterocycles. The van der Waals surface area contributed by atoms with Crippen LogP contribution in [0.5, 0.6) is 0 Å². The minimum absolute atomic E-state index is 0.0168. The van der Waals surface area contributed by atoms with E-state index in [-0.39, 0.29) is 31.7 Å². The van der Waals surface area contributed by atoms with E-state index in [9.17, 15) is 40.2 Å². The monoisotopic (exact) mass is 696 g/mol. The maximum Gasteiger partial charge on any atom is 0.311 e. The molecule has 13 nitrogen and oxygen atoms in total. The number of aliphatic hydroxyl groups is 6. The molecule has 2 aliphatic heterocycles. The molecule has 14 atom stereocenters. The Kier molecular flexibility index (Phi) is 14.2. The summed E-state index contributed by atoms with van der Waals surface area (Å²) in [6.07, 6.45) is -9.21. The SMILES string of the molecule is CC[C@H]1OC(=O)[C@H](C)[C@@H](O)[C@H](C)[C@@H](O[C@@H]2O[C@H](C)C[C@H](N(C)C(=O)Cc3ccccc3)[C@H]2O)[C@](C)(O)C[C@@H](O)CN(C)[C@H](C)[C@@H](O)[C@]1(C)O.